The van der Waals surface area contributed by atoms with E-state index in [9.17, 15) is 18.0 Å². The zero-order valence-corrected chi connectivity index (χ0v) is 14.9. The highest BCUT2D eigenvalue weighted by atomic mass is 35.5. The maximum atomic E-state index is 12.9. The van der Waals surface area contributed by atoms with E-state index in [2.05, 4.69) is 25.5 Å². The lowest BCUT2D eigenvalue weighted by Crippen LogP contribution is -2.29. The molecular weight excluding hydrogens is 383 g/mol. The summed E-state index contributed by atoms with van der Waals surface area (Å²) in [5, 5.41) is 4.50. The molecular formula is C17H17ClF3N5O. The molecule has 1 aromatic carbocycles. The van der Waals surface area contributed by atoms with Crippen molar-refractivity contribution in [3.8, 4) is 0 Å². The molecule has 1 fully saturated rings. The van der Waals surface area contributed by atoms with Gasteiger partial charge in [-0.1, -0.05) is 11.6 Å². The minimum absolute atomic E-state index is 0.00957. The van der Waals surface area contributed by atoms with E-state index in [1.54, 1.807) is 12.3 Å². The molecule has 0 unspecified atom stereocenters. The third-order valence-corrected chi connectivity index (χ3v) is 4.38. The van der Waals surface area contributed by atoms with Crippen molar-refractivity contribution in [3.05, 3.63) is 46.7 Å². The number of carbonyl (C=O) groups excluding carboxylic acids is 1. The Labute approximate surface area is 158 Å². The van der Waals surface area contributed by atoms with Crippen molar-refractivity contribution in [1.29, 1.82) is 0 Å². The highest BCUT2D eigenvalue weighted by Gasteiger charge is 2.33. The second-order valence-electron chi connectivity index (χ2n) is 6.04. The number of aromatic nitrogens is 2. The van der Waals surface area contributed by atoms with Crippen molar-refractivity contribution in [1.82, 2.24) is 15.3 Å². The Hall–Kier alpha value is -2.55. The second kappa shape index (κ2) is 7.99. The number of amides is 2. The molecule has 10 heteroatoms. The Morgan fingerprint density at radius 3 is 2.67 bits per heavy atom. The van der Waals surface area contributed by atoms with Crippen LogP contribution in [0.1, 0.15) is 24.1 Å². The molecule has 6 nitrogen and oxygen atoms in total. The Morgan fingerprint density at radius 2 is 1.96 bits per heavy atom. The number of rotatable bonds is 4. The van der Waals surface area contributed by atoms with Crippen LogP contribution in [0.25, 0.3) is 0 Å². The van der Waals surface area contributed by atoms with Crippen LogP contribution in [-0.4, -0.2) is 29.1 Å². The number of alkyl halides is 3. The second-order valence-corrected chi connectivity index (χ2v) is 6.45. The van der Waals surface area contributed by atoms with Gasteiger partial charge in [0.1, 0.15) is 0 Å². The van der Waals surface area contributed by atoms with E-state index in [1.165, 1.54) is 6.07 Å². The summed E-state index contributed by atoms with van der Waals surface area (Å²) < 4.78 is 38.6. The Morgan fingerprint density at radius 1 is 1.22 bits per heavy atom. The molecule has 2 aromatic rings. The van der Waals surface area contributed by atoms with Gasteiger partial charge in [0.05, 0.1) is 22.8 Å². The third-order valence-electron chi connectivity index (χ3n) is 4.05. The van der Waals surface area contributed by atoms with Crippen LogP contribution < -0.4 is 15.5 Å². The highest BCUT2D eigenvalue weighted by Crippen LogP contribution is 2.36. The number of nitrogens with zero attached hydrogens (tertiary/aromatic N) is 3. The van der Waals surface area contributed by atoms with Gasteiger partial charge in [-0.2, -0.15) is 13.2 Å². The minimum atomic E-state index is -4.60. The van der Waals surface area contributed by atoms with E-state index < -0.39 is 22.8 Å². The molecule has 1 aliphatic rings. The van der Waals surface area contributed by atoms with Crippen LogP contribution in [0.2, 0.25) is 5.02 Å². The summed E-state index contributed by atoms with van der Waals surface area (Å²) >= 11 is 5.56. The molecule has 0 aliphatic carbocycles. The fourth-order valence-electron chi connectivity index (χ4n) is 2.72. The number of urea groups is 1. The van der Waals surface area contributed by atoms with Gasteiger partial charge in [-0.25, -0.2) is 14.8 Å². The highest BCUT2D eigenvalue weighted by molar-refractivity contribution is 6.31. The molecule has 2 N–H and O–H groups in total. The summed E-state index contributed by atoms with van der Waals surface area (Å²) in [5.74, 6) is 0.611. The normalized spacial score (nSPS) is 14.3. The number of benzene rings is 1. The number of carbonyl (C=O) groups is 1. The molecule has 0 radical (unpaired) electrons. The number of nitrogens with one attached hydrogen (secondary N) is 2. The molecule has 3 rings (SSSR count). The maximum absolute atomic E-state index is 12.9. The molecule has 1 aromatic heterocycles. The third kappa shape index (κ3) is 5.00. The fourth-order valence-corrected chi connectivity index (χ4v) is 2.94. The van der Waals surface area contributed by atoms with Gasteiger partial charge in [-0.15, -0.1) is 0 Å². The number of anilines is 2. The van der Waals surface area contributed by atoms with E-state index in [1.807, 2.05) is 0 Å². The largest absolute Gasteiger partial charge is 0.417 e. The van der Waals surface area contributed by atoms with Gasteiger partial charge in [0, 0.05) is 25.0 Å². The number of halogens is 4. The summed E-state index contributed by atoms with van der Waals surface area (Å²) in [4.78, 5) is 22.7. The van der Waals surface area contributed by atoms with Crippen molar-refractivity contribution in [2.75, 3.05) is 23.3 Å². The number of hydrogen-bond acceptors (Lipinski definition) is 4. The van der Waals surface area contributed by atoms with Crippen LogP contribution in [0.4, 0.5) is 29.6 Å². The average molecular weight is 400 g/mol. The van der Waals surface area contributed by atoms with Crippen LogP contribution in [0, 0.1) is 0 Å². The fraction of sp³-hybridized carbons (Fsp3) is 0.353. The van der Waals surface area contributed by atoms with Gasteiger partial charge in [0.25, 0.3) is 0 Å². The Balaban J connectivity index is 1.59. The molecule has 0 bridgehead atoms. The van der Waals surface area contributed by atoms with E-state index >= 15 is 0 Å². The van der Waals surface area contributed by atoms with Gasteiger partial charge in [-0.05, 0) is 37.1 Å². The zero-order valence-electron chi connectivity index (χ0n) is 14.2. The van der Waals surface area contributed by atoms with Crippen molar-refractivity contribution >= 4 is 29.3 Å². The monoisotopic (exact) mass is 399 g/mol. The van der Waals surface area contributed by atoms with Crippen molar-refractivity contribution in [2.45, 2.75) is 25.6 Å². The molecule has 144 valence electrons. The summed E-state index contributed by atoms with van der Waals surface area (Å²) in [5.41, 5.74) is -0.410. The lowest BCUT2D eigenvalue weighted by molar-refractivity contribution is -0.137. The molecule has 1 saturated heterocycles. The first-order chi connectivity index (χ1) is 12.8. The number of hydrogen-bond donors (Lipinski definition) is 2. The topological polar surface area (TPSA) is 70.2 Å². The summed E-state index contributed by atoms with van der Waals surface area (Å²) in [6.45, 7) is 1.92. The van der Waals surface area contributed by atoms with Gasteiger partial charge in [0.2, 0.25) is 5.95 Å². The van der Waals surface area contributed by atoms with E-state index in [0.717, 1.165) is 38.1 Å². The van der Waals surface area contributed by atoms with Gasteiger partial charge in [-0.3, -0.25) is 0 Å². The molecule has 0 spiro atoms. The lowest BCUT2D eigenvalue weighted by Gasteiger charge is -2.15. The minimum Gasteiger partial charge on any atom is -0.341 e. The van der Waals surface area contributed by atoms with E-state index in [-0.39, 0.29) is 12.2 Å². The lowest BCUT2D eigenvalue weighted by atomic mass is 10.2. The predicted molar refractivity (Wildman–Crippen MR) is 95.8 cm³/mol. The zero-order chi connectivity index (χ0) is 19.4. The average Bonchev–Trinajstić information content (AvgIpc) is 3.16. The standard InChI is InChI=1S/C17H17ClF3N5O/c18-14-4-3-11(9-13(14)17(19,20)21)25-16(27)23-10-12-5-6-22-15(24-12)26-7-1-2-8-26/h3-6,9H,1-2,7-8,10H2,(H2,23,25,27). The van der Waals surface area contributed by atoms with Crippen molar-refractivity contribution < 1.29 is 18.0 Å². The van der Waals surface area contributed by atoms with Gasteiger partial charge in [0.15, 0.2) is 0 Å². The summed E-state index contributed by atoms with van der Waals surface area (Å²) in [6, 6.07) is 4.20. The van der Waals surface area contributed by atoms with Crippen LogP contribution in [0.3, 0.4) is 0 Å². The van der Waals surface area contributed by atoms with Crippen LogP contribution in [-0.2, 0) is 12.7 Å². The summed E-state index contributed by atoms with van der Waals surface area (Å²) in [6.07, 6.45) is -0.799. The first kappa shape index (κ1) is 19.2. The van der Waals surface area contributed by atoms with E-state index in [0.29, 0.717) is 11.6 Å². The molecule has 27 heavy (non-hydrogen) atoms. The smallest absolute Gasteiger partial charge is 0.341 e. The van der Waals surface area contributed by atoms with Crippen LogP contribution >= 0.6 is 11.6 Å². The Kier molecular flexibility index (Phi) is 5.69. The van der Waals surface area contributed by atoms with Crippen molar-refractivity contribution in [3.63, 3.8) is 0 Å². The molecule has 0 saturated carbocycles. The summed E-state index contributed by atoms with van der Waals surface area (Å²) in [7, 11) is 0. The molecule has 2 amide bonds. The van der Waals surface area contributed by atoms with Gasteiger partial charge >= 0.3 is 12.2 Å². The van der Waals surface area contributed by atoms with Crippen LogP contribution in [0.5, 0.6) is 0 Å². The SMILES string of the molecule is O=C(NCc1ccnc(N2CCCC2)n1)Nc1ccc(Cl)c(C(F)(F)F)c1. The first-order valence-corrected chi connectivity index (χ1v) is 8.69. The quantitative estimate of drug-likeness (QED) is 0.813. The van der Waals surface area contributed by atoms with Gasteiger partial charge < -0.3 is 15.5 Å². The van der Waals surface area contributed by atoms with Crippen molar-refractivity contribution in [2.24, 2.45) is 0 Å². The molecule has 1 aliphatic heterocycles. The maximum Gasteiger partial charge on any atom is 0.417 e. The molecule has 0 atom stereocenters. The van der Waals surface area contributed by atoms with Crippen LogP contribution in [0.15, 0.2) is 30.5 Å². The predicted octanol–water partition coefficient (Wildman–Crippen LogP) is 4.07. The first-order valence-electron chi connectivity index (χ1n) is 8.31. The Bertz CT molecular complexity index is 824. The van der Waals surface area contributed by atoms with E-state index in [4.69, 9.17) is 11.6 Å². The molecule has 2 heterocycles.